The summed E-state index contributed by atoms with van der Waals surface area (Å²) in [5.74, 6) is -1.54. The average molecular weight is 234 g/mol. The van der Waals surface area contributed by atoms with Crippen molar-refractivity contribution in [1.29, 1.82) is 0 Å². The number of allylic oxidation sites excluding steroid dienone is 1. The summed E-state index contributed by atoms with van der Waals surface area (Å²) >= 11 is 0. The fraction of sp³-hybridized carbons (Fsp3) is 0.500. The van der Waals surface area contributed by atoms with E-state index in [0.29, 0.717) is 0 Å². The van der Waals surface area contributed by atoms with Crippen molar-refractivity contribution in [3.8, 4) is 0 Å². The van der Waals surface area contributed by atoms with E-state index in [1.807, 2.05) is 0 Å². The van der Waals surface area contributed by atoms with Crippen LogP contribution in [-0.4, -0.2) is 81.2 Å². The van der Waals surface area contributed by atoms with Crippen molar-refractivity contribution in [2.45, 2.75) is 13.3 Å². The van der Waals surface area contributed by atoms with E-state index in [9.17, 15) is 13.2 Å². The summed E-state index contributed by atoms with van der Waals surface area (Å²) in [4.78, 5) is 10.2. The Balaban J connectivity index is 0. The molecular formula is C6H11KO5S. The zero-order valence-electron chi connectivity index (χ0n) is 6.52. The molecule has 0 atom stereocenters. The quantitative estimate of drug-likeness (QED) is 0.394. The molecule has 0 aromatic carbocycles. The van der Waals surface area contributed by atoms with Gasteiger partial charge in [-0.1, -0.05) is 6.08 Å². The Kier molecular flexibility index (Phi) is 8.85. The van der Waals surface area contributed by atoms with Gasteiger partial charge in [0.25, 0.3) is 10.1 Å². The van der Waals surface area contributed by atoms with E-state index in [1.54, 1.807) is 0 Å². The van der Waals surface area contributed by atoms with Crippen LogP contribution in [0.25, 0.3) is 0 Å². The second kappa shape index (κ2) is 7.10. The fourth-order valence-electron chi connectivity index (χ4n) is 0.512. The van der Waals surface area contributed by atoms with Crippen molar-refractivity contribution in [3.05, 3.63) is 11.6 Å². The number of hydrogen-bond donors (Lipinski definition) is 2. The standard InChI is InChI=1S/C6H10O5S.K.H/c1-5(6(7)8)3-2-4-12(9,10)11;;/h3H,2,4H2,1H3,(H,7,8)(H,9,10,11);;/b5-3+;;. The van der Waals surface area contributed by atoms with Gasteiger partial charge in [-0.3, -0.25) is 4.55 Å². The molecule has 0 aliphatic heterocycles. The van der Waals surface area contributed by atoms with E-state index in [0.717, 1.165) is 0 Å². The second-order valence-electron chi connectivity index (χ2n) is 2.27. The second-order valence-corrected chi connectivity index (χ2v) is 3.84. The fourth-order valence-corrected chi connectivity index (χ4v) is 0.927. The van der Waals surface area contributed by atoms with E-state index < -0.39 is 21.8 Å². The van der Waals surface area contributed by atoms with Gasteiger partial charge < -0.3 is 5.11 Å². The van der Waals surface area contributed by atoms with Crippen LogP contribution in [0.5, 0.6) is 0 Å². The van der Waals surface area contributed by atoms with E-state index in [1.165, 1.54) is 13.0 Å². The third-order valence-electron chi connectivity index (χ3n) is 1.16. The first-order chi connectivity index (χ1) is 5.33. The van der Waals surface area contributed by atoms with Crippen molar-refractivity contribution < 1.29 is 22.9 Å². The van der Waals surface area contributed by atoms with Gasteiger partial charge in [-0.15, -0.1) is 0 Å². The van der Waals surface area contributed by atoms with Gasteiger partial charge in [-0.25, -0.2) is 4.79 Å². The zero-order valence-corrected chi connectivity index (χ0v) is 7.34. The molecule has 0 fully saturated rings. The Bertz CT molecular complexity index is 292. The summed E-state index contributed by atoms with van der Waals surface area (Å²) in [6.07, 6.45) is 1.26. The molecule has 0 rings (SSSR count). The van der Waals surface area contributed by atoms with Crippen LogP contribution < -0.4 is 0 Å². The Labute approximate surface area is 119 Å². The van der Waals surface area contributed by atoms with Crippen LogP contribution in [0.3, 0.4) is 0 Å². The predicted octanol–water partition coefficient (Wildman–Crippen LogP) is -0.353. The summed E-state index contributed by atoms with van der Waals surface area (Å²) in [6, 6.07) is 0. The van der Waals surface area contributed by atoms with E-state index in [4.69, 9.17) is 9.66 Å². The molecule has 0 saturated heterocycles. The van der Waals surface area contributed by atoms with Crippen LogP contribution in [0.2, 0.25) is 0 Å². The Morgan fingerprint density at radius 2 is 1.92 bits per heavy atom. The molecule has 0 saturated carbocycles. The Morgan fingerprint density at radius 1 is 1.46 bits per heavy atom. The SMILES string of the molecule is C/C(=C\CCS(=O)(=O)O)C(=O)O.[KH]. The van der Waals surface area contributed by atoms with Crippen molar-refractivity contribution in [2.75, 3.05) is 5.75 Å². The van der Waals surface area contributed by atoms with Crippen LogP contribution in [0, 0.1) is 0 Å². The number of aliphatic carboxylic acids is 1. The molecule has 0 heterocycles. The molecule has 72 valence electrons. The average Bonchev–Trinajstić information content (AvgIpc) is 1.84. The van der Waals surface area contributed by atoms with Crippen LogP contribution >= 0.6 is 0 Å². The first-order valence-corrected chi connectivity index (χ1v) is 4.79. The van der Waals surface area contributed by atoms with Gasteiger partial charge in [-0.2, -0.15) is 8.42 Å². The molecular weight excluding hydrogens is 223 g/mol. The summed E-state index contributed by atoms with van der Waals surface area (Å²) in [7, 11) is -3.98. The topological polar surface area (TPSA) is 91.7 Å². The van der Waals surface area contributed by atoms with Gasteiger partial charge in [0.05, 0.1) is 5.75 Å². The van der Waals surface area contributed by atoms with Crippen LogP contribution in [0.1, 0.15) is 13.3 Å². The maximum absolute atomic E-state index is 10.2. The first-order valence-electron chi connectivity index (χ1n) is 3.18. The van der Waals surface area contributed by atoms with Gasteiger partial charge >= 0.3 is 57.4 Å². The number of carboxylic acids is 1. The molecule has 0 spiro atoms. The molecule has 0 amide bonds. The van der Waals surface area contributed by atoms with Crippen molar-refractivity contribution in [1.82, 2.24) is 0 Å². The summed E-state index contributed by atoms with van der Waals surface area (Å²) in [5, 5.41) is 8.33. The normalized spacial score (nSPS) is 12.0. The van der Waals surface area contributed by atoms with Crippen LogP contribution in [0.4, 0.5) is 0 Å². The molecule has 2 N–H and O–H groups in total. The molecule has 0 radical (unpaired) electrons. The molecule has 7 heteroatoms. The molecule has 0 bridgehead atoms. The van der Waals surface area contributed by atoms with Crippen LogP contribution in [0.15, 0.2) is 11.6 Å². The Morgan fingerprint density at radius 3 is 2.23 bits per heavy atom. The predicted molar refractivity (Wildman–Crippen MR) is 49.6 cm³/mol. The maximum atomic E-state index is 10.2. The van der Waals surface area contributed by atoms with Gasteiger partial charge in [-0.05, 0) is 13.3 Å². The van der Waals surface area contributed by atoms with Crippen molar-refractivity contribution >= 4 is 67.5 Å². The van der Waals surface area contributed by atoms with Crippen molar-refractivity contribution in [2.24, 2.45) is 0 Å². The summed E-state index contributed by atoms with van der Waals surface area (Å²) in [5.41, 5.74) is 0.0682. The zero-order chi connectivity index (χ0) is 9.78. The number of carboxylic acid groups (broad SMARTS) is 1. The summed E-state index contributed by atoms with van der Waals surface area (Å²) in [6.45, 7) is 1.35. The van der Waals surface area contributed by atoms with Crippen LogP contribution in [-0.2, 0) is 14.9 Å². The number of carbonyl (C=O) groups is 1. The molecule has 0 aromatic heterocycles. The number of hydrogen-bond acceptors (Lipinski definition) is 3. The molecule has 0 aliphatic rings. The molecule has 0 unspecified atom stereocenters. The van der Waals surface area contributed by atoms with Gasteiger partial charge in [0.1, 0.15) is 0 Å². The minimum absolute atomic E-state index is 0. The van der Waals surface area contributed by atoms with E-state index in [-0.39, 0.29) is 63.4 Å². The van der Waals surface area contributed by atoms with Gasteiger partial charge in [0, 0.05) is 5.57 Å². The summed E-state index contributed by atoms with van der Waals surface area (Å²) < 4.78 is 28.6. The van der Waals surface area contributed by atoms with Gasteiger partial charge in [0.2, 0.25) is 0 Å². The Hall–Kier alpha value is 0.756. The monoisotopic (exact) mass is 234 g/mol. The van der Waals surface area contributed by atoms with Crippen molar-refractivity contribution in [3.63, 3.8) is 0 Å². The third-order valence-corrected chi connectivity index (χ3v) is 1.92. The minimum atomic E-state index is -3.98. The first kappa shape index (κ1) is 16.2. The van der Waals surface area contributed by atoms with Gasteiger partial charge in [0.15, 0.2) is 0 Å². The van der Waals surface area contributed by atoms with E-state index >= 15 is 0 Å². The molecule has 0 aromatic rings. The van der Waals surface area contributed by atoms with E-state index in [2.05, 4.69) is 0 Å². The third kappa shape index (κ3) is 10.7. The molecule has 0 aliphatic carbocycles. The molecule has 5 nitrogen and oxygen atoms in total. The number of rotatable bonds is 4. The molecule has 13 heavy (non-hydrogen) atoms.